The lowest BCUT2D eigenvalue weighted by molar-refractivity contribution is 0.129. The van der Waals surface area contributed by atoms with Crippen LogP contribution < -0.4 is 5.73 Å². The summed E-state index contributed by atoms with van der Waals surface area (Å²) in [5.41, 5.74) is 5.87. The average molecular weight is 196 g/mol. The lowest BCUT2D eigenvalue weighted by atomic mass is 9.83. The maximum absolute atomic E-state index is 5.87. The van der Waals surface area contributed by atoms with Gasteiger partial charge in [0, 0.05) is 12.6 Å². The van der Waals surface area contributed by atoms with Gasteiger partial charge in [0.05, 0.1) is 0 Å². The van der Waals surface area contributed by atoms with Crippen LogP contribution in [0.3, 0.4) is 0 Å². The fraction of sp³-hybridized carbons (Fsp3) is 1.00. The smallest absolute Gasteiger partial charge is 0.0136 e. The van der Waals surface area contributed by atoms with E-state index >= 15 is 0 Å². The standard InChI is InChI=1S/C12H24N2/c1-10-6-7-14(9-10)12-5-3-2-4-11(12)8-13/h10-12H,2-9,13H2,1H3. The van der Waals surface area contributed by atoms with Crippen LogP contribution in [0.5, 0.6) is 0 Å². The zero-order chi connectivity index (χ0) is 9.97. The molecule has 0 aromatic heterocycles. The normalized spacial score (nSPS) is 40.3. The molecular weight excluding hydrogens is 172 g/mol. The molecule has 0 radical (unpaired) electrons. The fourth-order valence-electron chi connectivity index (χ4n) is 3.21. The lowest BCUT2D eigenvalue weighted by Gasteiger charge is -2.37. The molecule has 82 valence electrons. The SMILES string of the molecule is CC1CCN(C2CCCCC2CN)C1. The van der Waals surface area contributed by atoms with Gasteiger partial charge in [-0.25, -0.2) is 0 Å². The molecule has 1 saturated heterocycles. The van der Waals surface area contributed by atoms with Crippen molar-refractivity contribution < 1.29 is 0 Å². The Labute approximate surface area is 87.8 Å². The first kappa shape index (κ1) is 10.4. The third kappa shape index (κ3) is 2.12. The molecule has 0 bridgehead atoms. The Bertz CT molecular complexity index is 181. The molecular formula is C12H24N2. The molecule has 3 unspecified atom stereocenters. The van der Waals surface area contributed by atoms with Crippen molar-refractivity contribution in [2.24, 2.45) is 17.6 Å². The second kappa shape index (κ2) is 4.63. The van der Waals surface area contributed by atoms with Crippen LogP contribution >= 0.6 is 0 Å². The zero-order valence-corrected chi connectivity index (χ0v) is 9.41. The topological polar surface area (TPSA) is 29.3 Å². The summed E-state index contributed by atoms with van der Waals surface area (Å²) >= 11 is 0. The van der Waals surface area contributed by atoms with Gasteiger partial charge in [-0.15, -0.1) is 0 Å². The van der Waals surface area contributed by atoms with Crippen LogP contribution in [-0.2, 0) is 0 Å². The van der Waals surface area contributed by atoms with Gasteiger partial charge in [0.1, 0.15) is 0 Å². The highest BCUT2D eigenvalue weighted by molar-refractivity contribution is 4.87. The van der Waals surface area contributed by atoms with Crippen molar-refractivity contribution in [2.45, 2.75) is 45.1 Å². The van der Waals surface area contributed by atoms with Gasteiger partial charge in [0.15, 0.2) is 0 Å². The molecule has 2 N–H and O–H groups in total. The summed E-state index contributed by atoms with van der Waals surface area (Å²) in [6, 6.07) is 0.818. The van der Waals surface area contributed by atoms with E-state index in [0.717, 1.165) is 24.4 Å². The summed E-state index contributed by atoms with van der Waals surface area (Å²) in [5.74, 6) is 1.70. The predicted molar refractivity (Wildman–Crippen MR) is 60.2 cm³/mol. The Kier molecular flexibility index (Phi) is 3.45. The molecule has 14 heavy (non-hydrogen) atoms. The van der Waals surface area contributed by atoms with Crippen LogP contribution in [0.1, 0.15) is 39.0 Å². The summed E-state index contributed by atoms with van der Waals surface area (Å²) in [5, 5.41) is 0. The molecule has 2 aliphatic rings. The average Bonchev–Trinajstić information content (AvgIpc) is 2.65. The molecule has 0 aromatic carbocycles. The van der Waals surface area contributed by atoms with Crippen molar-refractivity contribution in [3.8, 4) is 0 Å². The maximum Gasteiger partial charge on any atom is 0.0136 e. The molecule has 2 rings (SSSR count). The van der Waals surface area contributed by atoms with Crippen LogP contribution in [0.25, 0.3) is 0 Å². The number of hydrogen-bond donors (Lipinski definition) is 1. The first-order chi connectivity index (χ1) is 6.81. The van der Waals surface area contributed by atoms with E-state index in [4.69, 9.17) is 5.73 Å². The van der Waals surface area contributed by atoms with E-state index in [1.807, 2.05) is 0 Å². The number of nitrogens with two attached hydrogens (primary N) is 1. The second-order valence-corrected chi connectivity index (χ2v) is 5.24. The van der Waals surface area contributed by atoms with Crippen LogP contribution in [0.2, 0.25) is 0 Å². The minimum atomic E-state index is 0.786. The largest absolute Gasteiger partial charge is 0.330 e. The molecule has 0 spiro atoms. The highest BCUT2D eigenvalue weighted by atomic mass is 15.2. The molecule has 0 amide bonds. The van der Waals surface area contributed by atoms with Crippen molar-refractivity contribution in [3.05, 3.63) is 0 Å². The molecule has 3 atom stereocenters. The van der Waals surface area contributed by atoms with Crippen molar-refractivity contribution in [2.75, 3.05) is 19.6 Å². The minimum Gasteiger partial charge on any atom is -0.330 e. The molecule has 2 nitrogen and oxygen atoms in total. The van der Waals surface area contributed by atoms with Crippen LogP contribution in [-0.4, -0.2) is 30.6 Å². The number of likely N-dealkylation sites (tertiary alicyclic amines) is 1. The molecule has 0 aromatic rings. The van der Waals surface area contributed by atoms with Gasteiger partial charge in [-0.2, -0.15) is 0 Å². The van der Waals surface area contributed by atoms with Gasteiger partial charge >= 0.3 is 0 Å². The van der Waals surface area contributed by atoms with Gasteiger partial charge in [-0.1, -0.05) is 19.8 Å². The monoisotopic (exact) mass is 196 g/mol. The Morgan fingerprint density at radius 2 is 2.00 bits per heavy atom. The van der Waals surface area contributed by atoms with E-state index in [2.05, 4.69) is 11.8 Å². The van der Waals surface area contributed by atoms with E-state index < -0.39 is 0 Å². The summed E-state index contributed by atoms with van der Waals surface area (Å²) in [6.07, 6.45) is 6.99. The Balaban J connectivity index is 1.93. The van der Waals surface area contributed by atoms with Crippen molar-refractivity contribution in [1.29, 1.82) is 0 Å². The number of rotatable bonds is 2. The molecule has 2 heteroatoms. The quantitative estimate of drug-likeness (QED) is 0.730. The van der Waals surface area contributed by atoms with Gasteiger partial charge in [-0.05, 0) is 44.2 Å². The summed E-state index contributed by atoms with van der Waals surface area (Å²) in [6.45, 7) is 5.92. The van der Waals surface area contributed by atoms with E-state index in [0.29, 0.717) is 0 Å². The van der Waals surface area contributed by atoms with Crippen LogP contribution in [0.4, 0.5) is 0 Å². The van der Waals surface area contributed by atoms with E-state index in [1.54, 1.807) is 0 Å². The van der Waals surface area contributed by atoms with E-state index in [1.165, 1.54) is 45.2 Å². The summed E-state index contributed by atoms with van der Waals surface area (Å²) < 4.78 is 0. The fourth-order valence-corrected chi connectivity index (χ4v) is 3.21. The third-order valence-corrected chi connectivity index (χ3v) is 4.10. The van der Waals surface area contributed by atoms with Gasteiger partial charge in [0.2, 0.25) is 0 Å². The lowest BCUT2D eigenvalue weighted by Crippen LogP contribution is -2.43. The Morgan fingerprint density at radius 1 is 1.21 bits per heavy atom. The summed E-state index contributed by atoms with van der Waals surface area (Å²) in [4.78, 5) is 2.71. The molecule has 2 fully saturated rings. The van der Waals surface area contributed by atoms with Gasteiger partial charge < -0.3 is 5.73 Å². The van der Waals surface area contributed by atoms with E-state index in [-0.39, 0.29) is 0 Å². The van der Waals surface area contributed by atoms with Crippen LogP contribution in [0.15, 0.2) is 0 Å². The molecule has 1 saturated carbocycles. The number of hydrogen-bond acceptors (Lipinski definition) is 2. The third-order valence-electron chi connectivity index (χ3n) is 4.10. The Hall–Kier alpha value is -0.0800. The first-order valence-electron chi connectivity index (χ1n) is 6.25. The zero-order valence-electron chi connectivity index (χ0n) is 9.41. The maximum atomic E-state index is 5.87. The highest BCUT2D eigenvalue weighted by Crippen LogP contribution is 2.31. The van der Waals surface area contributed by atoms with Crippen LogP contribution in [0, 0.1) is 11.8 Å². The first-order valence-corrected chi connectivity index (χ1v) is 6.25. The van der Waals surface area contributed by atoms with Gasteiger partial charge in [-0.3, -0.25) is 4.90 Å². The second-order valence-electron chi connectivity index (χ2n) is 5.24. The van der Waals surface area contributed by atoms with Crippen molar-refractivity contribution >= 4 is 0 Å². The van der Waals surface area contributed by atoms with Crippen molar-refractivity contribution in [3.63, 3.8) is 0 Å². The Morgan fingerprint density at radius 3 is 2.64 bits per heavy atom. The predicted octanol–water partition coefficient (Wildman–Crippen LogP) is 1.85. The molecule has 1 aliphatic heterocycles. The number of nitrogens with zero attached hydrogens (tertiary/aromatic N) is 1. The molecule has 1 aliphatic carbocycles. The van der Waals surface area contributed by atoms with E-state index in [9.17, 15) is 0 Å². The van der Waals surface area contributed by atoms with Gasteiger partial charge in [0.25, 0.3) is 0 Å². The minimum absolute atomic E-state index is 0.786. The molecule has 1 heterocycles. The van der Waals surface area contributed by atoms with Crippen molar-refractivity contribution in [1.82, 2.24) is 4.90 Å². The summed E-state index contributed by atoms with van der Waals surface area (Å²) in [7, 11) is 0. The highest BCUT2D eigenvalue weighted by Gasteiger charge is 2.32.